The van der Waals surface area contributed by atoms with Gasteiger partial charge < -0.3 is 5.32 Å². The first-order valence-electron chi connectivity index (χ1n) is 7.72. The quantitative estimate of drug-likeness (QED) is 0.796. The van der Waals surface area contributed by atoms with Gasteiger partial charge in [-0.15, -0.1) is 0 Å². The fraction of sp³-hybridized carbons (Fsp3) is 0.222. The average Bonchev–Trinajstić information content (AvgIpc) is 2.51. The van der Waals surface area contributed by atoms with Crippen LogP contribution in [0.15, 0.2) is 41.4 Å². The molecule has 2 aliphatic rings. The van der Waals surface area contributed by atoms with Gasteiger partial charge in [-0.25, -0.2) is 8.51 Å². The van der Waals surface area contributed by atoms with Crippen LogP contribution in [0, 0.1) is 11.3 Å². The second-order valence-corrected chi connectivity index (χ2v) is 7.39. The Hall–Kier alpha value is -2.49. The van der Waals surface area contributed by atoms with Gasteiger partial charge >= 0.3 is 0 Å². The number of nitrogens with zero attached hydrogens (tertiary/aromatic N) is 3. The minimum atomic E-state index is -0.903. The maximum Gasteiger partial charge on any atom is 0.0991 e. The third-order valence-electron chi connectivity index (χ3n) is 4.37. The molecule has 4 rings (SSSR count). The van der Waals surface area contributed by atoms with E-state index in [9.17, 15) is 4.21 Å². The second-order valence-electron chi connectivity index (χ2n) is 6.02. The first-order chi connectivity index (χ1) is 11.6. The van der Waals surface area contributed by atoms with E-state index < -0.39 is 11.0 Å². The molecule has 1 atom stereocenters. The Labute approximate surface area is 143 Å². The summed E-state index contributed by atoms with van der Waals surface area (Å²) in [5.41, 5.74) is 5.82. The normalized spacial score (nSPS) is 17.3. The van der Waals surface area contributed by atoms with Crippen molar-refractivity contribution in [2.75, 3.05) is 24.7 Å². The van der Waals surface area contributed by atoms with Gasteiger partial charge in [0.05, 0.1) is 40.0 Å². The van der Waals surface area contributed by atoms with Crippen molar-refractivity contribution >= 4 is 28.6 Å². The van der Waals surface area contributed by atoms with Gasteiger partial charge in [-0.1, -0.05) is 12.1 Å². The van der Waals surface area contributed by atoms with E-state index in [0.29, 0.717) is 5.56 Å². The molecule has 0 bridgehead atoms. The molecule has 1 fully saturated rings. The van der Waals surface area contributed by atoms with Gasteiger partial charge in [0, 0.05) is 31.1 Å². The monoisotopic (exact) mass is 336 g/mol. The molecular formula is C18H16N4OS. The molecule has 2 aromatic rings. The number of anilines is 1. The van der Waals surface area contributed by atoms with Crippen molar-refractivity contribution < 1.29 is 4.21 Å². The summed E-state index contributed by atoms with van der Waals surface area (Å²) in [4.78, 5) is 4.35. The highest BCUT2D eigenvalue weighted by atomic mass is 32.2. The van der Waals surface area contributed by atoms with Crippen molar-refractivity contribution in [3.8, 4) is 17.2 Å². The highest BCUT2D eigenvalue weighted by molar-refractivity contribution is 7.81. The van der Waals surface area contributed by atoms with E-state index in [1.54, 1.807) is 12.3 Å². The van der Waals surface area contributed by atoms with E-state index in [4.69, 9.17) is 5.26 Å². The first-order valence-corrected chi connectivity index (χ1v) is 9.23. The predicted octanol–water partition coefficient (Wildman–Crippen LogP) is 2.68. The molecule has 5 nitrogen and oxygen atoms in total. The van der Waals surface area contributed by atoms with Crippen LogP contribution in [-0.2, 0) is 11.0 Å². The predicted molar refractivity (Wildman–Crippen MR) is 96.9 cm³/mol. The zero-order valence-electron chi connectivity index (χ0n) is 13.2. The largest absolute Gasteiger partial charge is 0.378 e. The van der Waals surface area contributed by atoms with E-state index in [1.807, 2.05) is 28.7 Å². The highest BCUT2D eigenvalue weighted by Gasteiger charge is 2.30. The number of benzene rings is 2. The number of nitriles is 1. The summed E-state index contributed by atoms with van der Waals surface area (Å²) in [5, 5.41) is 12.6. The van der Waals surface area contributed by atoms with Crippen LogP contribution in [0.2, 0.25) is 0 Å². The Balaban J connectivity index is 1.61. The van der Waals surface area contributed by atoms with Crippen LogP contribution in [0.25, 0.3) is 11.1 Å². The van der Waals surface area contributed by atoms with E-state index >= 15 is 0 Å². The van der Waals surface area contributed by atoms with Gasteiger partial charge in [0.2, 0.25) is 0 Å². The number of fused-ring (bicyclic) bond motifs is 1. The van der Waals surface area contributed by atoms with Gasteiger partial charge in [-0.3, -0.25) is 4.99 Å². The van der Waals surface area contributed by atoms with Gasteiger partial charge in [0.15, 0.2) is 0 Å². The molecule has 2 heterocycles. The van der Waals surface area contributed by atoms with Crippen molar-refractivity contribution in [1.29, 1.82) is 5.26 Å². The molecule has 0 aliphatic carbocycles. The fourth-order valence-corrected chi connectivity index (χ4v) is 3.75. The fourth-order valence-electron chi connectivity index (χ4n) is 2.97. The van der Waals surface area contributed by atoms with Crippen molar-refractivity contribution in [1.82, 2.24) is 4.31 Å². The zero-order chi connectivity index (χ0) is 16.7. The number of rotatable bonds is 4. The van der Waals surface area contributed by atoms with Gasteiger partial charge in [0.25, 0.3) is 0 Å². The van der Waals surface area contributed by atoms with Crippen LogP contribution in [-0.4, -0.2) is 40.1 Å². The SMILES string of the molecule is CS(=O)N1CC(Nc2cc(-c3cccc(C#N)c3)cc3c2N=C3)C1. The topological polar surface area (TPSA) is 68.5 Å². The molecule has 1 N–H and O–H groups in total. The van der Waals surface area contributed by atoms with Gasteiger partial charge in [-0.05, 0) is 35.4 Å². The Bertz CT molecular complexity index is 910. The maximum absolute atomic E-state index is 11.4. The number of hydrogen-bond acceptors (Lipinski definition) is 4. The van der Waals surface area contributed by atoms with E-state index in [2.05, 4.69) is 28.5 Å². The van der Waals surface area contributed by atoms with Gasteiger partial charge in [0.1, 0.15) is 0 Å². The molecule has 1 unspecified atom stereocenters. The Morgan fingerprint density at radius 2 is 2.12 bits per heavy atom. The maximum atomic E-state index is 11.4. The molecule has 0 aromatic heterocycles. The van der Waals surface area contributed by atoms with Crippen LogP contribution in [0.4, 0.5) is 11.4 Å². The van der Waals surface area contributed by atoms with E-state index in [0.717, 1.165) is 41.2 Å². The summed E-state index contributed by atoms with van der Waals surface area (Å²) >= 11 is 0. The van der Waals surface area contributed by atoms with E-state index in [-0.39, 0.29) is 6.04 Å². The molecule has 24 heavy (non-hydrogen) atoms. The lowest BCUT2D eigenvalue weighted by Crippen LogP contribution is -2.54. The molecular weight excluding hydrogens is 320 g/mol. The third-order valence-corrected chi connectivity index (χ3v) is 5.39. The number of aliphatic imine (C=N–C) groups is 1. The molecule has 0 radical (unpaired) electrons. The zero-order valence-corrected chi connectivity index (χ0v) is 14.0. The molecule has 120 valence electrons. The van der Waals surface area contributed by atoms with Crippen molar-refractivity contribution in [2.45, 2.75) is 6.04 Å². The van der Waals surface area contributed by atoms with Crippen LogP contribution in [0.3, 0.4) is 0 Å². The minimum Gasteiger partial charge on any atom is -0.378 e. The summed E-state index contributed by atoms with van der Waals surface area (Å²) in [6, 6.07) is 14.2. The van der Waals surface area contributed by atoms with Gasteiger partial charge in [-0.2, -0.15) is 5.26 Å². The molecule has 0 spiro atoms. The van der Waals surface area contributed by atoms with Crippen molar-refractivity contribution in [3.05, 3.63) is 47.5 Å². The van der Waals surface area contributed by atoms with Crippen LogP contribution in [0.1, 0.15) is 11.1 Å². The van der Waals surface area contributed by atoms with Crippen molar-refractivity contribution in [3.63, 3.8) is 0 Å². The third kappa shape index (κ3) is 2.62. The van der Waals surface area contributed by atoms with Crippen molar-refractivity contribution in [2.24, 2.45) is 4.99 Å². The smallest absolute Gasteiger partial charge is 0.0991 e. The Kier molecular flexibility index (Phi) is 3.68. The first kappa shape index (κ1) is 15.1. The van der Waals surface area contributed by atoms with Crippen LogP contribution < -0.4 is 5.32 Å². The molecule has 0 saturated carbocycles. The average molecular weight is 336 g/mol. The summed E-state index contributed by atoms with van der Waals surface area (Å²) in [5.74, 6) is 0. The lowest BCUT2D eigenvalue weighted by atomic mass is 9.97. The molecule has 0 amide bonds. The summed E-state index contributed by atoms with van der Waals surface area (Å²) < 4.78 is 13.3. The van der Waals surface area contributed by atoms with E-state index in [1.165, 1.54) is 0 Å². The summed E-state index contributed by atoms with van der Waals surface area (Å²) in [6.07, 6.45) is 3.56. The Morgan fingerprint density at radius 1 is 1.29 bits per heavy atom. The summed E-state index contributed by atoms with van der Waals surface area (Å²) in [7, 11) is -0.903. The van der Waals surface area contributed by atoms with Crippen LogP contribution in [0.5, 0.6) is 0 Å². The molecule has 2 aromatic carbocycles. The minimum absolute atomic E-state index is 0.287. The lowest BCUT2D eigenvalue weighted by molar-refractivity contribution is 0.298. The molecule has 6 heteroatoms. The standard InChI is InChI=1S/C18H16N4OS/c1-24(23)22-10-16(11-22)21-17-7-14(6-15-9-20-18(15)17)13-4-2-3-12(5-13)8-19/h2-7,9,16,21H,10-11H2,1H3. The number of nitrogens with one attached hydrogen (secondary N) is 1. The van der Waals surface area contributed by atoms with Crippen LogP contribution >= 0.6 is 0 Å². The highest BCUT2D eigenvalue weighted by Crippen LogP contribution is 2.39. The number of hydrogen-bond donors (Lipinski definition) is 1. The second kappa shape index (κ2) is 5.86. The molecule has 1 saturated heterocycles. The Morgan fingerprint density at radius 3 is 2.79 bits per heavy atom. The molecule has 2 aliphatic heterocycles. The summed E-state index contributed by atoms with van der Waals surface area (Å²) in [6.45, 7) is 1.55. The lowest BCUT2D eigenvalue weighted by Gasteiger charge is -2.38.